The van der Waals surface area contributed by atoms with Crippen LogP contribution in [0.15, 0.2) is 11.4 Å². The largest absolute Gasteiger partial charge is 0.409 e. The molecule has 1 aromatic heterocycles. The zero-order chi connectivity index (χ0) is 11.4. The van der Waals surface area contributed by atoms with Crippen molar-refractivity contribution in [2.45, 2.75) is 6.54 Å². The van der Waals surface area contributed by atoms with Crippen molar-refractivity contribution in [2.24, 2.45) is 10.9 Å². The number of nitrogens with two attached hydrogens (primary N) is 1. The molecule has 0 amide bonds. The smallest absolute Gasteiger partial charge is 0.343 e. The van der Waals surface area contributed by atoms with Gasteiger partial charge in [0.25, 0.3) is 5.82 Å². The minimum atomic E-state index is -0.670. The lowest BCUT2D eigenvalue weighted by molar-refractivity contribution is -0.392. The average molecular weight is 215 g/mol. The van der Waals surface area contributed by atoms with Crippen molar-refractivity contribution in [2.75, 3.05) is 6.61 Å². The van der Waals surface area contributed by atoms with E-state index in [1.807, 2.05) is 0 Å². The van der Waals surface area contributed by atoms with E-state index in [-0.39, 0.29) is 30.6 Å². The van der Waals surface area contributed by atoms with Gasteiger partial charge in [-0.1, -0.05) is 5.16 Å². The molecule has 0 aliphatic carbocycles. The maximum Gasteiger partial charge on any atom is 0.343 e. The SMILES string of the molecule is N/C(=N\O)c1ncc([N+](=O)[O-])n1CCO. The van der Waals surface area contributed by atoms with Crippen LogP contribution in [-0.4, -0.2) is 37.2 Å². The van der Waals surface area contributed by atoms with Crippen LogP contribution in [-0.2, 0) is 6.54 Å². The van der Waals surface area contributed by atoms with E-state index in [2.05, 4.69) is 10.1 Å². The van der Waals surface area contributed by atoms with E-state index < -0.39 is 4.92 Å². The molecule has 1 aromatic rings. The number of nitro groups is 1. The third-order valence-corrected chi connectivity index (χ3v) is 1.68. The van der Waals surface area contributed by atoms with E-state index in [0.29, 0.717) is 0 Å². The van der Waals surface area contributed by atoms with Crippen molar-refractivity contribution < 1.29 is 15.2 Å². The minimum absolute atomic E-state index is 0.0537. The fraction of sp³-hybridized carbons (Fsp3) is 0.333. The summed E-state index contributed by atoms with van der Waals surface area (Å²) < 4.78 is 1.05. The molecular formula is C6H9N5O4. The summed E-state index contributed by atoms with van der Waals surface area (Å²) in [7, 11) is 0. The normalized spacial score (nSPS) is 11.7. The molecule has 0 aromatic carbocycles. The first-order valence-electron chi connectivity index (χ1n) is 3.90. The van der Waals surface area contributed by atoms with E-state index in [1.54, 1.807) is 0 Å². The predicted molar refractivity (Wildman–Crippen MR) is 48.5 cm³/mol. The van der Waals surface area contributed by atoms with Crippen LogP contribution in [0.1, 0.15) is 5.82 Å². The molecular weight excluding hydrogens is 206 g/mol. The lowest BCUT2D eigenvalue weighted by atomic mass is 10.5. The van der Waals surface area contributed by atoms with Crippen LogP contribution in [0, 0.1) is 10.1 Å². The zero-order valence-corrected chi connectivity index (χ0v) is 7.57. The first kappa shape index (κ1) is 10.9. The highest BCUT2D eigenvalue weighted by Gasteiger charge is 2.22. The molecule has 4 N–H and O–H groups in total. The minimum Gasteiger partial charge on any atom is -0.409 e. The number of hydrogen-bond acceptors (Lipinski definition) is 6. The van der Waals surface area contributed by atoms with Crippen molar-refractivity contribution in [1.82, 2.24) is 9.55 Å². The molecule has 0 aliphatic heterocycles. The summed E-state index contributed by atoms with van der Waals surface area (Å²) in [5.41, 5.74) is 5.25. The van der Waals surface area contributed by atoms with Gasteiger partial charge in [-0.05, 0) is 4.92 Å². The first-order chi connectivity index (χ1) is 7.11. The predicted octanol–water partition coefficient (Wildman–Crippen LogP) is -1.12. The molecule has 0 saturated heterocycles. The number of oxime groups is 1. The Kier molecular flexibility index (Phi) is 3.18. The fourth-order valence-electron chi connectivity index (χ4n) is 1.08. The molecule has 0 aliphatic rings. The molecule has 0 fully saturated rings. The van der Waals surface area contributed by atoms with Crippen LogP contribution < -0.4 is 5.73 Å². The third-order valence-electron chi connectivity index (χ3n) is 1.68. The molecule has 0 saturated carbocycles. The average Bonchev–Trinajstić information content (AvgIpc) is 2.61. The number of nitrogens with zero attached hydrogens (tertiary/aromatic N) is 4. The van der Waals surface area contributed by atoms with Gasteiger partial charge in [0.15, 0.2) is 0 Å². The number of hydrogen-bond donors (Lipinski definition) is 3. The lowest BCUT2D eigenvalue weighted by Crippen LogP contribution is -2.21. The van der Waals surface area contributed by atoms with Gasteiger partial charge in [0, 0.05) is 0 Å². The number of amidine groups is 1. The van der Waals surface area contributed by atoms with E-state index in [4.69, 9.17) is 16.0 Å². The van der Waals surface area contributed by atoms with Crippen molar-refractivity contribution in [3.05, 3.63) is 22.1 Å². The Morgan fingerprint density at radius 3 is 2.93 bits per heavy atom. The molecule has 82 valence electrons. The van der Waals surface area contributed by atoms with Gasteiger partial charge in [-0.25, -0.2) is 9.55 Å². The van der Waals surface area contributed by atoms with Gasteiger partial charge in [-0.3, -0.25) is 0 Å². The van der Waals surface area contributed by atoms with Crippen LogP contribution in [0.3, 0.4) is 0 Å². The number of aromatic nitrogens is 2. The lowest BCUT2D eigenvalue weighted by Gasteiger charge is -2.00. The van der Waals surface area contributed by atoms with Crippen molar-refractivity contribution in [3.63, 3.8) is 0 Å². The second-order valence-corrected chi connectivity index (χ2v) is 2.56. The first-order valence-corrected chi connectivity index (χ1v) is 3.90. The molecule has 0 atom stereocenters. The Bertz CT molecular complexity index is 398. The van der Waals surface area contributed by atoms with Crippen molar-refractivity contribution >= 4 is 11.7 Å². The second-order valence-electron chi connectivity index (χ2n) is 2.56. The third kappa shape index (κ3) is 2.02. The van der Waals surface area contributed by atoms with E-state index in [9.17, 15) is 10.1 Å². The van der Waals surface area contributed by atoms with Crippen LogP contribution in [0.5, 0.6) is 0 Å². The van der Waals surface area contributed by atoms with Crippen molar-refractivity contribution in [3.8, 4) is 0 Å². The topological polar surface area (TPSA) is 140 Å². The van der Waals surface area contributed by atoms with Crippen LogP contribution >= 0.6 is 0 Å². The zero-order valence-electron chi connectivity index (χ0n) is 7.57. The van der Waals surface area contributed by atoms with Gasteiger partial charge < -0.3 is 26.2 Å². The monoisotopic (exact) mass is 215 g/mol. The molecule has 0 unspecified atom stereocenters. The summed E-state index contributed by atoms with van der Waals surface area (Å²) >= 11 is 0. The van der Waals surface area contributed by atoms with Crippen LogP contribution in [0.4, 0.5) is 5.82 Å². The molecule has 15 heavy (non-hydrogen) atoms. The van der Waals surface area contributed by atoms with E-state index in [1.165, 1.54) is 0 Å². The Morgan fingerprint density at radius 1 is 1.80 bits per heavy atom. The van der Waals surface area contributed by atoms with Gasteiger partial charge >= 0.3 is 5.82 Å². The Hall–Kier alpha value is -2.16. The van der Waals surface area contributed by atoms with Gasteiger partial charge in [0.1, 0.15) is 12.7 Å². The number of aliphatic hydroxyl groups is 1. The molecule has 1 rings (SSSR count). The summed E-state index contributed by atoms with van der Waals surface area (Å²) in [6.07, 6.45) is 0.975. The number of imidazole rings is 1. The summed E-state index contributed by atoms with van der Waals surface area (Å²) in [5.74, 6) is -0.736. The maximum atomic E-state index is 10.5. The molecule has 9 nitrogen and oxygen atoms in total. The highest BCUT2D eigenvalue weighted by atomic mass is 16.6. The van der Waals surface area contributed by atoms with Gasteiger partial charge in [0.05, 0.1) is 6.61 Å². The van der Waals surface area contributed by atoms with Gasteiger partial charge in [0.2, 0.25) is 5.84 Å². The number of aliphatic hydroxyl groups excluding tert-OH is 1. The summed E-state index contributed by atoms with van der Waals surface area (Å²) in [4.78, 5) is 13.5. The standard InChI is InChI=1S/C6H9N5O4/c7-5(9-13)6-8-3-4(11(14)15)10(6)1-2-12/h3,12-13H,1-2H2,(H2,7,9). The van der Waals surface area contributed by atoms with Crippen LogP contribution in [0.2, 0.25) is 0 Å². The Labute approximate surface area is 83.6 Å². The summed E-state index contributed by atoms with van der Waals surface area (Å²) in [6.45, 7) is -0.370. The molecule has 1 heterocycles. The maximum absolute atomic E-state index is 10.5. The van der Waals surface area contributed by atoms with E-state index in [0.717, 1.165) is 10.8 Å². The fourth-order valence-corrected chi connectivity index (χ4v) is 1.08. The summed E-state index contributed by atoms with van der Waals surface area (Å²) in [5, 5.41) is 30.3. The molecule has 0 bridgehead atoms. The van der Waals surface area contributed by atoms with E-state index >= 15 is 0 Å². The molecule has 0 spiro atoms. The van der Waals surface area contributed by atoms with Crippen molar-refractivity contribution in [1.29, 1.82) is 0 Å². The highest BCUT2D eigenvalue weighted by molar-refractivity contribution is 5.94. The second kappa shape index (κ2) is 4.37. The number of rotatable bonds is 4. The van der Waals surface area contributed by atoms with Gasteiger partial charge in [-0.2, -0.15) is 0 Å². The quantitative estimate of drug-likeness (QED) is 0.191. The Morgan fingerprint density at radius 2 is 2.47 bits per heavy atom. The summed E-state index contributed by atoms with van der Waals surface area (Å²) in [6, 6.07) is 0. The van der Waals surface area contributed by atoms with Crippen LogP contribution in [0.25, 0.3) is 0 Å². The van der Waals surface area contributed by atoms with Gasteiger partial charge in [-0.15, -0.1) is 0 Å². The Balaban J connectivity index is 3.23. The highest BCUT2D eigenvalue weighted by Crippen LogP contribution is 2.13. The molecule has 9 heteroatoms. The molecule has 0 radical (unpaired) electrons.